The number of halogens is 4. The molecule has 0 radical (unpaired) electrons. The van der Waals surface area contributed by atoms with E-state index in [1.165, 1.54) is 24.3 Å². The number of amides is 1. The van der Waals surface area contributed by atoms with Gasteiger partial charge in [-0.2, -0.15) is 0 Å². The van der Waals surface area contributed by atoms with Gasteiger partial charge < -0.3 is 15.1 Å². The molecule has 0 spiro atoms. The number of hydrogen-bond acceptors (Lipinski definition) is 3. The molecule has 28 heavy (non-hydrogen) atoms. The molecule has 2 aromatic carbocycles. The number of carbonyl (C=O) groups is 1. The molecule has 0 unspecified atom stereocenters. The van der Waals surface area contributed by atoms with Gasteiger partial charge in [-0.25, -0.2) is 8.78 Å². The summed E-state index contributed by atoms with van der Waals surface area (Å²) in [5.41, 5.74) is 0.377. The summed E-state index contributed by atoms with van der Waals surface area (Å²) in [7, 11) is 3.95. The van der Waals surface area contributed by atoms with Gasteiger partial charge in [0.25, 0.3) is 5.91 Å². The first-order valence-corrected chi connectivity index (χ1v) is 8.73. The van der Waals surface area contributed by atoms with E-state index in [4.69, 9.17) is 0 Å². The Kier molecular flexibility index (Phi) is 9.14. The van der Waals surface area contributed by atoms with Crippen LogP contribution in [-0.2, 0) is 0 Å². The quantitative estimate of drug-likeness (QED) is 0.768. The molecule has 8 heteroatoms. The van der Waals surface area contributed by atoms with E-state index < -0.39 is 17.5 Å². The smallest absolute Gasteiger partial charge is 0.258 e. The van der Waals surface area contributed by atoms with Crippen molar-refractivity contribution < 1.29 is 13.6 Å². The molecular weight excluding hydrogens is 407 g/mol. The minimum Gasteiger partial charge on any atom is -0.369 e. The number of nitrogens with one attached hydrogen (secondary N) is 1. The summed E-state index contributed by atoms with van der Waals surface area (Å²) >= 11 is 0. The van der Waals surface area contributed by atoms with Crippen molar-refractivity contribution in [2.24, 2.45) is 0 Å². The number of rotatable bonds is 4. The van der Waals surface area contributed by atoms with E-state index in [0.29, 0.717) is 5.69 Å². The molecule has 1 heterocycles. The molecule has 0 aromatic heterocycles. The van der Waals surface area contributed by atoms with Crippen molar-refractivity contribution in [2.45, 2.75) is 18.9 Å². The highest BCUT2D eigenvalue weighted by Crippen LogP contribution is 2.29. The highest BCUT2D eigenvalue weighted by Gasteiger charge is 2.24. The SMILES string of the molecule is CN1CCC(N(C)c2cccc(NC(=O)c3ccccc3F)c2F)CC1.Cl.Cl. The third-order valence-corrected chi connectivity index (χ3v) is 4.96. The summed E-state index contributed by atoms with van der Waals surface area (Å²) in [6.07, 6.45) is 1.91. The van der Waals surface area contributed by atoms with Gasteiger partial charge >= 0.3 is 0 Å². The topological polar surface area (TPSA) is 35.6 Å². The monoisotopic (exact) mass is 431 g/mol. The molecular formula is C20H25Cl2F2N3O. The summed E-state index contributed by atoms with van der Waals surface area (Å²) in [6, 6.07) is 10.8. The van der Waals surface area contributed by atoms with Gasteiger partial charge in [0, 0.05) is 13.1 Å². The van der Waals surface area contributed by atoms with Gasteiger partial charge in [0.15, 0.2) is 5.82 Å². The standard InChI is InChI=1S/C20H23F2N3O.2ClH/c1-24-12-10-14(11-13-24)25(2)18-9-5-8-17(19(18)22)23-20(26)15-6-3-4-7-16(15)21;;/h3-9,14H,10-13H2,1-2H3,(H,23,26);2*1H. The molecule has 0 bridgehead atoms. The summed E-state index contributed by atoms with van der Waals surface area (Å²) in [5, 5.41) is 2.48. The summed E-state index contributed by atoms with van der Waals surface area (Å²) in [5.74, 6) is -1.80. The van der Waals surface area contributed by atoms with E-state index in [1.807, 2.05) is 11.9 Å². The van der Waals surface area contributed by atoms with E-state index in [-0.39, 0.29) is 42.1 Å². The second-order valence-corrected chi connectivity index (χ2v) is 6.72. The Labute approximate surface area is 176 Å². The van der Waals surface area contributed by atoms with Crippen molar-refractivity contribution in [3.8, 4) is 0 Å². The van der Waals surface area contributed by atoms with Crippen molar-refractivity contribution in [1.82, 2.24) is 4.90 Å². The molecule has 3 rings (SSSR count). The van der Waals surface area contributed by atoms with Crippen LogP contribution >= 0.6 is 24.8 Å². The number of hydrogen-bond donors (Lipinski definition) is 1. The lowest BCUT2D eigenvalue weighted by atomic mass is 10.0. The normalized spacial score (nSPS) is 14.6. The Hall–Kier alpha value is -1.89. The van der Waals surface area contributed by atoms with Crippen LogP contribution in [0.3, 0.4) is 0 Å². The fourth-order valence-corrected chi connectivity index (χ4v) is 3.30. The molecule has 1 aliphatic heterocycles. The highest BCUT2D eigenvalue weighted by atomic mass is 35.5. The maximum Gasteiger partial charge on any atom is 0.258 e. The number of carbonyl (C=O) groups excluding carboxylic acids is 1. The summed E-state index contributed by atoms with van der Waals surface area (Å²) < 4.78 is 28.7. The van der Waals surface area contributed by atoms with Gasteiger partial charge in [-0.15, -0.1) is 24.8 Å². The first-order chi connectivity index (χ1) is 12.5. The third kappa shape index (κ3) is 5.34. The first kappa shape index (κ1) is 24.1. The van der Waals surface area contributed by atoms with E-state index in [0.717, 1.165) is 25.9 Å². The zero-order valence-corrected chi connectivity index (χ0v) is 17.5. The fraction of sp³-hybridized carbons (Fsp3) is 0.350. The molecule has 0 atom stereocenters. The number of anilines is 2. The minimum absolute atomic E-state index is 0. The van der Waals surface area contributed by atoms with E-state index in [2.05, 4.69) is 17.3 Å². The van der Waals surface area contributed by atoms with Crippen LogP contribution in [0, 0.1) is 11.6 Å². The average Bonchev–Trinajstić information content (AvgIpc) is 2.64. The number of nitrogens with zero attached hydrogens (tertiary/aromatic N) is 2. The molecule has 0 aliphatic carbocycles. The van der Waals surface area contributed by atoms with Crippen LogP contribution in [0.15, 0.2) is 42.5 Å². The fourth-order valence-electron chi connectivity index (χ4n) is 3.30. The highest BCUT2D eigenvalue weighted by molar-refractivity contribution is 6.04. The van der Waals surface area contributed by atoms with Crippen molar-refractivity contribution in [1.29, 1.82) is 0 Å². The van der Waals surface area contributed by atoms with E-state index in [1.54, 1.807) is 18.2 Å². The van der Waals surface area contributed by atoms with Crippen LogP contribution in [-0.4, -0.2) is 44.0 Å². The third-order valence-electron chi connectivity index (χ3n) is 4.96. The molecule has 0 saturated carbocycles. The lowest BCUT2D eigenvalue weighted by molar-refractivity contribution is 0.102. The van der Waals surface area contributed by atoms with Gasteiger partial charge in [-0.05, 0) is 57.2 Å². The van der Waals surface area contributed by atoms with E-state index in [9.17, 15) is 13.6 Å². The zero-order chi connectivity index (χ0) is 18.7. The molecule has 4 nitrogen and oxygen atoms in total. The predicted molar refractivity (Wildman–Crippen MR) is 114 cm³/mol. The van der Waals surface area contributed by atoms with Crippen LogP contribution in [0.5, 0.6) is 0 Å². The molecule has 1 amide bonds. The van der Waals surface area contributed by atoms with E-state index >= 15 is 0 Å². The lowest BCUT2D eigenvalue weighted by Gasteiger charge is -2.36. The molecule has 1 saturated heterocycles. The molecule has 2 aromatic rings. The van der Waals surface area contributed by atoms with Crippen LogP contribution in [0.1, 0.15) is 23.2 Å². The maximum atomic E-state index is 15.0. The van der Waals surface area contributed by atoms with Gasteiger partial charge in [-0.3, -0.25) is 4.79 Å². The van der Waals surface area contributed by atoms with Gasteiger partial charge in [0.05, 0.1) is 16.9 Å². The Morgan fingerprint density at radius 1 is 1.07 bits per heavy atom. The molecule has 1 fully saturated rings. The maximum absolute atomic E-state index is 15.0. The number of piperidine rings is 1. The number of benzene rings is 2. The Morgan fingerprint density at radius 3 is 2.36 bits per heavy atom. The number of likely N-dealkylation sites (tertiary alicyclic amines) is 1. The summed E-state index contributed by atoms with van der Waals surface area (Å²) in [4.78, 5) is 16.5. The van der Waals surface area contributed by atoms with Crippen LogP contribution in [0.2, 0.25) is 0 Å². The van der Waals surface area contributed by atoms with Crippen molar-refractivity contribution in [3.63, 3.8) is 0 Å². The van der Waals surface area contributed by atoms with Crippen molar-refractivity contribution in [2.75, 3.05) is 37.4 Å². The Morgan fingerprint density at radius 2 is 1.71 bits per heavy atom. The van der Waals surface area contributed by atoms with Crippen LogP contribution in [0.25, 0.3) is 0 Å². The Bertz CT molecular complexity index is 799. The predicted octanol–water partition coefficient (Wildman–Crippen LogP) is 4.59. The van der Waals surface area contributed by atoms with Gasteiger partial charge in [0.1, 0.15) is 5.82 Å². The second kappa shape index (κ2) is 10.6. The zero-order valence-electron chi connectivity index (χ0n) is 15.8. The molecule has 154 valence electrons. The first-order valence-electron chi connectivity index (χ1n) is 8.73. The van der Waals surface area contributed by atoms with Gasteiger partial charge in [-0.1, -0.05) is 18.2 Å². The minimum atomic E-state index is -0.666. The van der Waals surface area contributed by atoms with Crippen molar-refractivity contribution in [3.05, 3.63) is 59.7 Å². The average molecular weight is 432 g/mol. The lowest BCUT2D eigenvalue weighted by Crippen LogP contribution is -2.42. The van der Waals surface area contributed by atoms with Gasteiger partial charge in [0.2, 0.25) is 0 Å². The molecule has 1 aliphatic rings. The largest absolute Gasteiger partial charge is 0.369 e. The second-order valence-electron chi connectivity index (χ2n) is 6.72. The van der Waals surface area contributed by atoms with Crippen LogP contribution < -0.4 is 10.2 Å². The van der Waals surface area contributed by atoms with Crippen molar-refractivity contribution >= 4 is 42.1 Å². The Balaban J connectivity index is 0.00000196. The van der Waals surface area contributed by atoms with Crippen LogP contribution in [0.4, 0.5) is 20.2 Å². The molecule has 1 N–H and O–H groups in total. The summed E-state index contributed by atoms with van der Waals surface area (Å²) in [6.45, 7) is 1.95.